The number of fused-ring (bicyclic) bond motifs is 1. The van der Waals surface area contributed by atoms with Crippen LogP contribution < -0.4 is 10.1 Å². The maximum atomic E-state index is 6.20. The first kappa shape index (κ1) is 13.9. The molecule has 1 N–H and O–H groups in total. The smallest absolute Gasteiger partial charge is 0.142 e. The van der Waals surface area contributed by atoms with Crippen LogP contribution >= 0.6 is 35.0 Å². The second-order valence-corrected chi connectivity index (χ2v) is 7.29. The molecule has 5 heteroatoms. The summed E-state index contributed by atoms with van der Waals surface area (Å²) in [5.74, 6) is 2.10. The summed E-state index contributed by atoms with van der Waals surface area (Å²) in [7, 11) is 0. The number of thioether (sulfide) groups is 1. The molecular formula is C14H17Cl2NOS. The van der Waals surface area contributed by atoms with Gasteiger partial charge in [0, 0.05) is 34.8 Å². The quantitative estimate of drug-likeness (QED) is 0.898. The van der Waals surface area contributed by atoms with Crippen molar-refractivity contribution in [1.29, 1.82) is 0 Å². The van der Waals surface area contributed by atoms with Crippen LogP contribution in [0.5, 0.6) is 5.75 Å². The number of hydrogen-bond donors (Lipinski definition) is 1. The molecular weight excluding hydrogens is 301 g/mol. The van der Waals surface area contributed by atoms with E-state index in [0.717, 1.165) is 29.5 Å². The number of ether oxygens (including phenoxy) is 1. The van der Waals surface area contributed by atoms with Crippen molar-refractivity contribution in [3.8, 4) is 5.75 Å². The Morgan fingerprint density at radius 3 is 3.00 bits per heavy atom. The minimum atomic E-state index is 0.307. The van der Waals surface area contributed by atoms with E-state index in [1.54, 1.807) is 6.07 Å². The first-order valence-electron chi connectivity index (χ1n) is 6.71. The topological polar surface area (TPSA) is 21.3 Å². The van der Waals surface area contributed by atoms with Crippen molar-refractivity contribution in [2.24, 2.45) is 0 Å². The molecule has 2 heterocycles. The van der Waals surface area contributed by atoms with E-state index in [1.165, 1.54) is 18.6 Å². The molecule has 19 heavy (non-hydrogen) atoms. The second-order valence-electron chi connectivity index (χ2n) is 5.04. The van der Waals surface area contributed by atoms with E-state index in [2.05, 4.69) is 17.1 Å². The minimum absolute atomic E-state index is 0.307. The van der Waals surface area contributed by atoms with E-state index in [4.69, 9.17) is 27.9 Å². The van der Waals surface area contributed by atoms with Gasteiger partial charge in [-0.2, -0.15) is 11.8 Å². The van der Waals surface area contributed by atoms with Crippen LogP contribution in [0, 0.1) is 0 Å². The molecule has 0 aliphatic carbocycles. The molecule has 2 nitrogen and oxygen atoms in total. The van der Waals surface area contributed by atoms with Crippen LogP contribution in [-0.4, -0.2) is 24.2 Å². The standard InChI is InChI=1S/C14H17Cl2NOS/c15-9-6-11-13(17-8-10-2-1-5-19-10)3-4-18-14(11)12(16)7-9/h6-7,10,13,17H,1-5,8H2. The summed E-state index contributed by atoms with van der Waals surface area (Å²) in [5, 5.41) is 5.70. The van der Waals surface area contributed by atoms with E-state index in [1.807, 2.05) is 6.07 Å². The second kappa shape index (κ2) is 6.13. The average Bonchev–Trinajstić information content (AvgIpc) is 2.89. The summed E-state index contributed by atoms with van der Waals surface area (Å²) in [6.07, 6.45) is 3.64. The monoisotopic (exact) mass is 317 g/mol. The molecule has 0 bridgehead atoms. The SMILES string of the molecule is Clc1cc(Cl)c2c(c1)C(NCC1CCCS1)CCO2. The van der Waals surface area contributed by atoms with Gasteiger partial charge in [-0.05, 0) is 30.7 Å². The number of hydrogen-bond acceptors (Lipinski definition) is 3. The molecule has 2 atom stereocenters. The maximum Gasteiger partial charge on any atom is 0.142 e. The van der Waals surface area contributed by atoms with Crippen LogP contribution in [0.15, 0.2) is 12.1 Å². The zero-order valence-electron chi connectivity index (χ0n) is 10.6. The maximum absolute atomic E-state index is 6.20. The summed E-state index contributed by atoms with van der Waals surface area (Å²) in [4.78, 5) is 0. The minimum Gasteiger partial charge on any atom is -0.492 e. The Labute approximate surface area is 128 Å². The highest BCUT2D eigenvalue weighted by Gasteiger charge is 2.25. The first-order valence-corrected chi connectivity index (χ1v) is 8.51. The van der Waals surface area contributed by atoms with Gasteiger partial charge >= 0.3 is 0 Å². The molecule has 0 aromatic heterocycles. The third kappa shape index (κ3) is 3.15. The number of benzene rings is 1. The summed E-state index contributed by atoms with van der Waals surface area (Å²) in [6, 6.07) is 4.03. The molecule has 0 radical (unpaired) electrons. The van der Waals surface area contributed by atoms with Crippen molar-refractivity contribution in [2.45, 2.75) is 30.6 Å². The van der Waals surface area contributed by atoms with Crippen LogP contribution in [0.4, 0.5) is 0 Å². The largest absolute Gasteiger partial charge is 0.492 e. The lowest BCUT2D eigenvalue weighted by molar-refractivity contribution is 0.253. The Morgan fingerprint density at radius 1 is 1.32 bits per heavy atom. The van der Waals surface area contributed by atoms with Gasteiger partial charge in [0.25, 0.3) is 0 Å². The van der Waals surface area contributed by atoms with E-state index in [9.17, 15) is 0 Å². The number of halogens is 2. The van der Waals surface area contributed by atoms with E-state index < -0.39 is 0 Å². The Kier molecular flexibility index (Phi) is 4.47. The van der Waals surface area contributed by atoms with Gasteiger partial charge in [0.15, 0.2) is 0 Å². The predicted octanol–water partition coefficient (Wildman–Crippen LogP) is 4.30. The summed E-state index contributed by atoms with van der Waals surface area (Å²) >= 11 is 14.4. The lowest BCUT2D eigenvalue weighted by Gasteiger charge is -2.28. The van der Waals surface area contributed by atoms with E-state index in [0.29, 0.717) is 22.7 Å². The van der Waals surface area contributed by atoms with Gasteiger partial charge in [0.05, 0.1) is 11.6 Å². The summed E-state index contributed by atoms with van der Waals surface area (Å²) < 4.78 is 5.68. The first-order chi connectivity index (χ1) is 9.24. The molecule has 0 spiro atoms. The van der Waals surface area contributed by atoms with Crippen molar-refractivity contribution in [2.75, 3.05) is 18.9 Å². The summed E-state index contributed by atoms with van der Waals surface area (Å²) in [6.45, 7) is 1.77. The van der Waals surface area contributed by atoms with Crippen LogP contribution in [-0.2, 0) is 0 Å². The molecule has 2 aliphatic rings. The molecule has 0 saturated carbocycles. The lowest BCUT2D eigenvalue weighted by atomic mass is 10.0. The highest BCUT2D eigenvalue weighted by Crippen LogP contribution is 2.40. The zero-order valence-corrected chi connectivity index (χ0v) is 13.0. The molecule has 2 unspecified atom stereocenters. The average molecular weight is 318 g/mol. The Hall–Kier alpha value is -0.0900. The van der Waals surface area contributed by atoms with Crippen molar-refractivity contribution < 1.29 is 4.74 Å². The fraction of sp³-hybridized carbons (Fsp3) is 0.571. The zero-order chi connectivity index (χ0) is 13.2. The molecule has 1 aromatic carbocycles. The fourth-order valence-electron chi connectivity index (χ4n) is 2.72. The molecule has 0 amide bonds. The predicted molar refractivity (Wildman–Crippen MR) is 82.8 cm³/mol. The van der Waals surface area contributed by atoms with Crippen LogP contribution in [0.1, 0.15) is 30.9 Å². The Bertz CT molecular complexity index is 463. The lowest BCUT2D eigenvalue weighted by Crippen LogP contribution is -2.31. The van der Waals surface area contributed by atoms with Gasteiger partial charge in [-0.25, -0.2) is 0 Å². The molecule has 104 valence electrons. The molecule has 3 rings (SSSR count). The molecule has 1 saturated heterocycles. The highest BCUT2D eigenvalue weighted by molar-refractivity contribution is 8.00. The molecule has 2 aliphatic heterocycles. The third-order valence-electron chi connectivity index (χ3n) is 3.68. The normalized spacial score (nSPS) is 26.0. The van der Waals surface area contributed by atoms with Crippen molar-refractivity contribution in [3.05, 3.63) is 27.7 Å². The van der Waals surface area contributed by atoms with Gasteiger partial charge in [0.2, 0.25) is 0 Å². The third-order valence-corrected chi connectivity index (χ3v) is 5.58. The Balaban J connectivity index is 1.74. The number of nitrogens with one attached hydrogen (secondary N) is 1. The van der Waals surface area contributed by atoms with Gasteiger partial charge < -0.3 is 10.1 Å². The van der Waals surface area contributed by atoms with E-state index in [-0.39, 0.29) is 0 Å². The van der Waals surface area contributed by atoms with Crippen LogP contribution in [0.2, 0.25) is 10.0 Å². The Morgan fingerprint density at radius 2 is 2.21 bits per heavy atom. The van der Waals surface area contributed by atoms with Crippen LogP contribution in [0.3, 0.4) is 0 Å². The van der Waals surface area contributed by atoms with Gasteiger partial charge in [-0.15, -0.1) is 0 Å². The highest BCUT2D eigenvalue weighted by atomic mass is 35.5. The van der Waals surface area contributed by atoms with Crippen molar-refractivity contribution in [1.82, 2.24) is 5.32 Å². The molecule has 1 aromatic rings. The van der Waals surface area contributed by atoms with Crippen molar-refractivity contribution in [3.63, 3.8) is 0 Å². The summed E-state index contributed by atoms with van der Waals surface area (Å²) in [5.41, 5.74) is 1.10. The fourth-order valence-corrected chi connectivity index (χ4v) is 4.49. The van der Waals surface area contributed by atoms with Crippen LogP contribution in [0.25, 0.3) is 0 Å². The number of rotatable bonds is 3. The van der Waals surface area contributed by atoms with Crippen molar-refractivity contribution >= 4 is 35.0 Å². The van der Waals surface area contributed by atoms with Gasteiger partial charge in [-0.1, -0.05) is 23.2 Å². The van der Waals surface area contributed by atoms with Gasteiger partial charge in [-0.3, -0.25) is 0 Å². The molecule has 1 fully saturated rings. The van der Waals surface area contributed by atoms with E-state index >= 15 is 0 Å². The van der Waals surface area contributed by atoms with Gasteiger partial charge in [0.1, 0.15) is 5.75 Å².